The molecule has 54 heavy (non-hydrogen) atoms. The summed E-state index contributed by atoms with van der Waals surface area (Å²) in [6, 6.07) is 5.34. The van der Waals surface area contributed by atoms with Gasteiger partial charge in [-0.15, -0.1) is 6.42 Å². The molecule has 2 aromatic heterocycles. The van der Waals surface area contributed by atoms with Crippen LogP contribution in [0.25, 0.3) is 32.9 Å². The lowest BCUT2D eigenvalue weighted by molar-refractivity contribution is -0.0194. The number of halogens is 3. The van der Waals surface area contributed by atoms with E-state index < -0.39 is 17.8 Å². The monoisotopic (exact) mass is 741 g/mol. The maximum atomic E-state index is 17.1. The van der Waals surface area contributed by atoms with Crippen molar-refractivity contribution in [2.75, 3.05) is 64.4 Å². The molecule has 0 spiro atoms. The van der Waals surface area contributed by atoms with Gasteiger partial charge in [0.05, 0.1) is 48.8 Å². The number of pyridine rings is 1. The van der Waals surface area contributed by atoms with Crippen molar-refractivity contribution in [1.29, 1.82) is 0 Å². The number of anilines is 1. The minimum Gasteiger partial charge on any atom is -0.508 e. The molecule has 11 nitrogen and oxygen atoms in total. The second-order valence-electron chi connectivity index (χ2n) is 15.7. The zero-order chi connectivity index (χ0) is 37.3. The molecule has 2 bridgehead atoms. The maximum Gasteiger partial charge on any atom is 0.320 e. The van der Waals surface area contributed by atoms with Crippen LogP contribution in [0.5, 0.6) is 11.8 Å². The molecule has 4 aliphatic heterocycles. The third-order valence-electron chi connectivity index (χ3n) is 12.1. The molecule has 14 heteroatoms. The molecule has 2 atom stereocenters. The van der Waals surface area contributed by atoms with Crippen LogP contribution < -0.4 is 9.64 Å². The van der Waals surface area contributed by atoms with Gasteiger partial charge in [-0.2, -0.15) is 9.97 Å². The first-order chi connectivity index (χ1) is 26.1. The van der Waals surface area contributed by atoms with Crippen LogP contribution >= 0.6 is 0 Å². The van der Waals surface area contributed by atoms with E-state index in [1.807, 2.05) is 9.80 Å². The topological polar surface area (TPSA) is 107 Å². The lowest BCUT2D eigenvalue weighted by atomic mass is 9.96. The summed E-state index contributed by atoms with van der Waals surface area (Å²) < 4.78 is 57.6. The number of nitrogens with zero attached hydrogens (tertiary/aromatic N) is 7. The van der Waals surface area contributed by atoms with Gasteiger partial charge in [-0.05, 0) is 62.1 Å². The molecule has 2 amide bonds. The number of fused-ring (bicyclic) bond motifs is 4. The average Bonchev–Trinajstić information content (AvgIpc) is 3.86. The largest absolute Gasteiger partial charge is 0.508 e. The Morgan fingerprint density at radius 2 is 1.80 bits per heavy atom. The highest BCUT2D eigenvalue weighted by atomic mass is 19.1. The lowest BCUT2D eigenvalue weighted by Gasteiger charge is -2.47. The number of alkyl halides is 1. The second-order valence-corrected chi connectivity index (χ2v) is 15.7. The highest BCUT2D eigenvalue weighted by Gasteiger charge is 2.48. The summed E-state index contributed by atoms with van der Waals surface area (Å²) in [7, 11) is 1.65. The molecule has 0 radical (unpaired) electrons. The first kappa shape index (κ1) is 34.9. The number of hydrogen-bond donors (Lipinski definition) is 1. The first-order valence-electron chi connectivity index (χ1n) is 18.8. The number of piperidine rings is 1. The van der Waals surface area contributed by atoms with Gasteiger partial charge in [-0.3, -0.25) is 4.98 Å². The number of methoxy groups -OCH3 is 1. The van der Waals surface area contributed by atoms with Crippen LogP contribution in [-0.4, -0.2) is 125 Å². The predicted octanol–water partition coefficient (Wildman–Crippen LogP) is 5.51. The molecular weight excluding hydrogens is 699 g/mol. The fraction of sp³-hybridized carbons (Fsp3) is 0.500. The Bertz CT molecular complexity index is 2170. The number of terminal acetylenes is 1. The highest BCUT2D eigenvalue weighted by Crippen LogP contribution is 2.47. The Kier molecular flexibility index (Phi) is 8.69. The van der Waals surface area contributed by atoms with E-state index in [9.17, 15) is 18.7 Å². The Hall–Kier alpha value is -4.87. The van der Waals surface area contributed by atoms with E-state index in [-0.39, 0.29) is 69.1 Å². The van der Waals surface area contributed by atoms with Crippen LogP contribution in [0.3, 0.4) is 0 Å². The SMILES string of the molecule is C#Cc1c(F)ccc2cc(O)cc(-c3ncc4c(N5CC6CCC(C5)N6C(=O)N5CC(OC)C5)nc(OCC5(CN6CCC(F)CC6)CC5)nc4c3F)c12. The van der Waals surface area contributed by atoms with E-state index in [1.54, 1.807) is 7.11 Å². The molecule has 1 N–H and O–H groups in total. The fourth-order valence-corrected chi connectivity index (χ4v) is 8.84. The molecule has 1 aliphatic carbocycles. The number of amides is 2. The van der Waals surface area contributed by atoms with Crippen molar-refractivity contribution in [1.82, 2.24) is 29.7 Å². The van der Waals surface area contributed by atoms with Crippen LogP contribution in [0.1, 0.15) is 44.1 Å². The lowest BCUT2D eigenvalue weighted by Crippen LogP contribution is -2.64. The van der Waals surface area contributed by atoms with E-state index >= 15 is 4.39 Å². The van der Waals surface area contributed by atoms with Crippen molar-refractivity contribution in [2.24, 2.45) is 5.41 Å². The van der Waals surface area contributed by atoms with Crippen LogP contribution in [0.2, 0.25) is 0 Å². The van der Waals surface area contributed by atoms with E-state index in [0.29, 0.717) is 75.3 Å². The number of urea groups is 1. The molecule has 6 heterocycles. The zero-order valence-electron chi connectivity index (χ0n) is 30.1. The maximum absolute atomic E-state index is 17.1. The Morgan fingerprint density at radius 3 is 2.48 bits per heavy atom. The Morgan fingerprint density at radius 1 is 1.06 bits per heavy atom. The van der Waals surface area contributed by atoms with Crippen molar-refractivity contribution in [3.05, 3.63) is 47.7 Å². The van der Waals surface area contributed by atoms with Gasteiger partial charge >= 0.3 is 12.0 Å². The minimum atomic E-state index is -0.794. The molecule has 5 aliphatic rings. The van der Waals surface area contributed by atoms with E-state index in [2.05, 4.69) is 25.7 Å². The molecule has 4 saturated heterocycles. The quantitative estimate of drug-likeness (QED) is 0.234. The van der Waals surface area contributed by atoms with Crippen molar-refractivity contribution in [2.45, 2.75) is 62.9 Å². The molecule has 282 valence electrons. The summed E-state index contributed by atoms with van der Waals surface area (Å²) in [5.74, 6) is 1.22. The number of aromatic hydroxyl groups is 1. The normalized spacial score (nSPS) is 22.8. The predicted molar refractivity (Wildman–Crippen MR) is 196 cm³/mol. The van der Waals surface area contributed by atoms with Gasteiger partial charge in [0.1, 0.15) is 34.8 Å². The van der Waals surface area contributed by atoms with Crippen molar-refractivity contribution < 1.29 is 32.5 Å². The van der Waals surface area contributed by atoms with Crippen LogP contribution in [0, 0.1) is 29.4 Å². The zero-order valence-corrected chi connectivity index (χ0v) is 30.1. The molecular formula is C40H42F3N7O4. The summed E-state index contributed by atoms with van der Waals surface area (Å²) in [5, 5.41) is 11.7. The van der Waals surface area contributed by atoms with Gasteiger partial charge in [0, 0.05) is 62.4 Å². The highest BCUT2D eigenvalue weighted by molar-refractivity contribution is 6.03. The molecule has 4 aromatic rings. The molecule has 2 aromatic carbocycles. The van der Waals surface area contributed by atoms with Gasteiger partial charge in [0.25, 0.3) is 0 Å². The number of hydrogen-bond acceptors (Lipinski definition) is 9. The van der Waals surface area contributed by atoms with Crippen LogP contribution in [-0.2, 0) is 4.74 Å². The number of phenols is 1. The number of ether oxygens (including phenoxy) is 2. The third-order valence-corrected chi connectivity index (χ3v) is 12.1. The first-order valence-corrected chi connectivity index (χ1v) is 18.8. The van der Waals surface area contributed by atoms with E-state index in [0.717, 1.165) is 32.2 Å². The Labute approximate surface area is 311 Å². The van der Waals surface area contributed by atoms with Crippen LogP contribution in [0.15, 0.2) is 30.5 Å². The average molecular weight is 742 g/mol. The molecule has 5 fully saturated rings. The van der Waals surface area contributed by atoms with Gasteiger partial charge < -0.3 is 34.2 Å². The van der Waals surface area contributed by atoms with E-state index in [1.165, 1.54) is 30.5 Å². The Balaban J connectivity index is 1.08. The van der Waals surface area contributed by atoms with Gasteiger partial charge in [0.15, 0.2) is 5.82 Å². The summed E-state index contributed by atoms with van der Waals surface area (Å²) in [5.41, 5.74) is -0.262. The summed E-state index contributed by atoms with van der Waals surface area (Å²) in [6.45, 7) is 4.61. The van der Waals surface area contributed by atoms with Crippen LogP contribution in [0.4, 0.5) is 23.8 Å². The number of phenolic OH excluding ortho intramolecular Hbond substituents is 1. The molecule has 2 unspecified atom stereocenters. The molecule has 9 rings (SSSR count). The van der Waals surface area contributed by atoms with Crippen molar-refractivity contribution >= 4 is 33.5 Å². The number of carbonyl (C=O) groups excluding carboxylic acids is 1. The van der Waals surface area contributed by atoms with Crippen molar-refractivity contribution in [3.8, 4) is 35.4 Å². The third kappa shape index (κ3) is 6.11. The summed E-state index contributed by atoms with van der Waals surface area (Å²) >= 11 is 0. The number of benzene rings is 2. The standard InChI is InChI=1S/C40H42F3N7O4/c1-3-29-32(42)7-4-23-14-27(51)15-30(33(23)29)35-34(43)36-31(16-44-35)37(46-38(45-36)54-22-40(10-11-40)21-47-12-8-24(41)9-13-47)48-17-25-5-6-26(18-48)50(25)39(52)49-19-28(20-49)53-2/h1,4,7,14-16,24-26,28,51H,5-6,8-13,17-22H2,2H3. The second kappa shape index (κ2) is 13.5. The van der Waals surface area contributed by atoms with Gasteiger partial charge in [-0.25, -0.2) is 18.0 Å². The summed E-state index contributed by atoms with van der Waals surface area (Å²) in [4.78, 5) is 35.8. The number of likely N-dealkylation sites (tertiary alicyclic amines) is 2. The van der Waals surface area contributed by atoms with Gasteiger partial charge in [-0.1, -0.05) is 12.0 Å². The number of piperazine rings is 1. The van der Waals surface area contributed by atoms with E-state index in [4.69, 9.17) is 20.9 Å². The minimum absolute atomic E-state index is 0.00968. The summed E-state index contributed by atoms with van der Waals surface area (Å²) in [6.07, 6.45) is 11.1. The number of aromatic nitrogens is 3. The fourth-order valence-electron chi connectivity index (χ4n) is 8.84. The van der Waals surface area contributed by atoms with Gasteiger partial charge in [0.2, 0.25) is 0 Å². The number of carbonyl (C=O) groups is 1. The smallest absolute Gasteiger partial charge is 0.320 e. The number of rotatable bonds is 8. The molecule has 1 saturated carbocycles. The van der Waals surface area contributed by atoms with Crippen molar-refractivity contribution in [3.63, 3.8) is 0 Å².